The third kappa shape index (κ3) is 2.92. The molecule has 0 N–H and O–H groups in total. The second kappa shape index (κ2) is 6.20. The summed E-state index contributed by atoms with van der Waals surface area (Å²) in [7, 11) is -3.83. The predicted octanol–water partition coefficient (Wildman–Crippen LogP) is 1.73. The van der Waals surface area contributed by atoms with Crippen LogP contribution in [0.3, 0.4) is 0 Å². The first-order valence-corrected chi connectivity index (χ1v) is 9.68. The van der Waals surface area contributed by atoms with Crippen LogP contribution in [-0.2, 0) is 14.8 Å². The number of piperidine rings is 1. The summed E-state index contributed by atoms with van der Waals surface area (Å²) in [5.74, 6) is 0.254. The molecule has 130 valence electrons. The molecule has 1 aromatic rings. The Morgan fingerprint density at radius 1 is 1.17 bits per heavy atom. The standard InChI is InChI=1S/C17H22N2O4S/c1-12-9-13(2)11-18(10-12)16(20)7-8-19-17(21)14-5-3-4-6-15(14)24(19,22)23/h3-6,12-13H,7-11H2,1-2H3/t12-,13-/m1/s1. The summed E-state index contributed by atoms with van der Waals surface area (Å²) in [6, 6.07) is 6.16. The minimum atomic E-state index is -3.83. The van der Waals surface area contributed by atoms with Crippen LogP contribution in [0.1, 0.15) is 37.0 Å². The molecule has 0 saturated carbocycles. The topological polar surface area (TPSA) is 74.8 Å². The lowest BCUT2D eigenvalue weighted by Crippen LogP contribution is -2.44. The highest BCUT2D eigenvalue weighted by atomic mass is 32.2. The molecule has 0 bridgehead atoms. The number of sulfonamides is 1. The van der Waals surface area contributed by atoms with Gasteiger partial charge >= 0.3 is 0 Å². The van der Waals surface area contributed by atoms with Crippen molar-refractivity contribution < 1.29 is 18.0 Å². The Morgan fingerprint density at radius 2 is 1.79 bits per heavy atom. The van der Waals surface area contributed by atoms with Crippen molar-refractivity contribution >= 4 is 21.8 Å². The molecule has 6 nitrogen and oxygen atoms in total. The van der Waals surface area contributed by atoms with Crippen LogP contribution < -0.4 is 0 Å². The molecule has 0 radical (unpaired) electrons. The normalized spacial score (nSPS) is 25.7. The fraction of sp³-hybridized carbons (Fsp3) is 0.529. The third-order valence-electron chi connectivity index (χ3n) is 4.66. The monoisotopic (exact) mass is 350 g/mol. The number of carbonyl (C=O) groups is 2. The number of hydrogen-bond donors (Lipinski definition) is 0. The fourth-order valence-corrected chi connectivity index (χ4v) is 5.24. The smallest absolute Gasteiger partial charge is 0.269 e. The molecule has 7 heteroatoms. The lowest BCUT2D eigenvalue weighted by molar-refractivity contribution is -0.133. The molecule has 1 aromatic carbocycles. The van der Waals surface area contributed by atoms with Gasteiger partial charge in [0, 0.05) is 26.1 Å². The molecule has 1 fully saturated rings. The van der Waals surface area contributed by atoms with Crippen LogP contribution in [0.15, 0.2) is 29.2 Å². The van der Waals surface area contributed by atoms with Gasteiger partial charge in [0.05, 0.1) is 5.56 Å². The zero-order valence-corrected chi connectivity index (χ0v) is 14.8. The molecule has 24 heavy (non-hydrogen) atoms. The highest BCUT2D eigenvalue weighted by Crippen LogP contribution is 2.30. The van der Waals surface area contributed by atoms with Crippen molar-refractivity contribution in [2.45, 2.75) is 31.6 Å². The SMILES string of the molecule is C[C@@H]1C[C@@H](C)CN(C(=O)CCN2C(=O)c3ccccc3S2(=O)=O)C1. The second-order valence-corrected chi connectivity index (χ2v) is 8.70. The Labute approximate surface area is 142 Å². The van der Waals surface area contributed by atoms with Crippen LogP contribution in [-0.4, -0.2) is 49.1 Å². The van der Waals surface area contributed by atoms with Gasteiger partial charge in [-0.2, -0.15) is 0 Å². The molecule has 0 unspecified atom stereocenters. The van der Waals surface area contributed by atoms with Gasteiger partial charge in [-0.25, -0.2) is 12.7 Å². The van der Waals surface area contributed by atoms with E-state index in [9.17, 15) is 18.0 Å². The van der Waals surface area contributed by atoms with Gasteiger partial charge in [-0.05, 0) is 30.4 Å². The van der Waals surface area contributed by atoms with Crippen LogP contribution in [0.2, 0.25) is 0 Å². The van der Waals surface area contributed by atoms with E-state index in [4.69, 9.17) is 0 Å². The van der Waals surface area contributed by atoms with E-state index >= 15 is 0 Å². The fourth-order valence-electron chi connectivity index (χ4n) is 3.67. The number of rotatable bonds is 3. The van der Waals surface area contributed by atoms with Crippen molar-refractivity contribution in [2.24, 2.45) is 11.8 Å². The van der Waals surface area contributed by atoms with Crippen molar-refractivity contribution in [2.75, 3.05) is 19.6 Å². The van der Waals surface area contributed by atoms with Crippen LogP contribution in [0.4, 0.5) is 0 Å². The van der Waals surface area contributed by atoms with E-state index in [1.165, 1.54) is 12.1 Å². The van der Waals surface area contributed by atoms with Gasteiger partial charge in [-0.1, -0.05) is 26.0 Å². The van der Waals surface area contributed by atoms with Crippen LogP contribution >= 0.6 is 0 Å². The molecule has 2 aliphatic rings. The molecule has 2 aliphatic heterocycles. The third-order valence-corrected chi connectivity index (χ3v) is 6.50. The number of fused-ring (bicyclic) bond motifs is 1. The molecule has 2 atom stereocenters. The average molecular weight is 350 g/mol. The Morgan fingerprint density at radius 3 is 2.42 bits per heavy atom. The molecule has 0 aliphatic carbocycles. The summed E-state index contributed by atoms with van der Waals surface area (Å²) in [5, 5.41) is 0. The zero-order valence-electron chi connectivity index (χ0n) is 13.9. The number of carbonyl (C=O) groups excluding carboxylic acids is 2. The maximum atomic E-state index is 12.5. The first-order chi connectivity index (χ1) is 11.3. The van der Waals surface area contributed by atoms with Gasteiger partial charge in [0.15, 0.2) is 0 Å². The molecular formula is C17H22N2O4S. The number of likely N-dealkylation sites (tertiary alicyclic amines) is 1. The first kappa shape index (κ1) is 17.0. The van der Waals surface area contributed by atoms with Gasteiger partial charge in [0.2, 0.25) is 5.91 Å². The zero-order chi connectivity index (χ0) is 17.5. The highest BCUT2D eigenvalue weighted by Gasteiger charge is 2.41. The molecule has 2 heterocycles. The van der Waals surface area contributed by atoms with Crippen molar-refractivity contribution in [3.63, 3.8) is 0 Å². The average Bonchev–Trinajstić information content (AvgIpc) is 2.72. The summed E-state index contributed by atoms with van der Waals surface area (Å²) in [6.45, 7) is 5.52. The molecule has 2 amide bonds. The van der Waals surface area contributed by atoms with E-state index in [2.05, 4.69) is 13.8 Å². The molecular weight excluding hydrogens is 328 g/mol. The van der Waals surface area contributed by atoms with Crippen LogP contribution in [0.25, 0.3) is 0 Å². The number of hydrogen-bond acceptors (Lipinski definition) is 4. The van der Waals surface area contributed by atoms with E-state index in [0.29, 0.717) is 24.9 Å². The maximum absolute atomic E-state index is 12.5. The quantitative estimate of drug-likeness (QED) is 0.832. The maximum Gasteiger partial charge on any atom is 0.269 e. The minimum absolute atomic E-state index is 0.0262. The van der Waals surface area contributed by atoms with Gasteiger partial charge in [0.1, 0.15) is 4.90 Å². The summed E-state index contributed by atoms with van der Waals surface area (Å²) in [6.07, 6.45) is 1.12. The summed E-state index contributed by atoms with van der Waals surface area (Å²) >= 11 is 0. The summed E-state index contributed by atoms with van der Waals surface area (Å²) < 4.78 is 25.8. The first-order valence-electron chi connectivity index (χ1n) is 8.24. The van der Waals surface area contributed by atoms with Crippen molar-refractivity contribution in [1.29, 1.82) is 0 Å². The van der Waals surface area contributed by atoms with Gasteiger partial charge in [-0.3, -0.25) is 9.59 Å². The van der Waals surface area contributed by atoms with E-state index in [1.54, 1.807) is 17.0 Å². The van der Waals surface area contributed by atoms with Crippen LogP contribution in [0, 0.1) is 11.8 Å². The number of amides is 2. The van der Waals surface area contributed by atoms with E-state index < -0.39 is 15.9 Å². The lowest BCUT2D eigenvalue weighted by atomic mass is 9.92. The largest absolute Gasteiger partial charge is 0.342 e. The van der Waals surface area contributed by atoms with Crippen LogP contribution in [0.5, 0.6) is 0 Å². The number of benzene rings is 1. The van der Waals surface area contributed by atoms with Crippen molar-refractivity contribution in [1.82, 2.24) is 9.21 Å². The van der Waals surface area contributed by atoms with Crippen molar-refractivity contribution in [3.8, 4) is 0 Å². The lowest BCUT2D eigenvalue weighted by Gasteiger charge is -2.35. The molecule has 0 spiro atoms. The Balaban J connectivity index is 1.69. The Bertz CT molecular complexity index is 765. The second-order valence-electron chi connectivity index (χ2n) is 6.87. The van der Waals surface area contributed by atoms with Gasteiger partial charge in [0.25, 0.3) is 15.9 Å². The molecule has 0 aromatic heterocycles. The van der Waals surface area contributed by atoms with E-state index in [-0.39, 0.29) is 29.3 Å². The van der Waals surface area contributed by atoms with Gasteiger partial charge in [-0.15, -0.1) is 0 Å². The van der Waals surface area contributed by atoms with Gasteiger partial charge < -0.3 is 4.90 Å². The predicted molar refractivity (Wildman–Crippen MR) is 88.8 cm³/mol. The minimum Gasteiger partial charge on any atom is -0.342 e. The summed E-state index contributed by atoms with van der Waals surface area (Å²) in [5.41, 5.74) is 0.185. The van der Waals surface area contributed by atoms with E-state index in [1.807, 2.05) is 0 Å². The molecule has 1 saturated heterocycles. The Hall–Kier alpha value is -1.89. The summed E-state index contributed by atoms with van der Waals surface area (Å²) in [4.78, 5) is 26.6. The number of nitrogens with zero attached hydrogens (tertiary/aromatic N) is 2. The highest BCUT2D eigenvalue weighted by molar-refractivity contribution is 7.90. The van der Waals surface area contributed by atoms with E-state index in [0.717, 1.165) is 10.7 Å². The molecule has 3 rings (SSSR count). The Kier molecular flexibility index (Phi) is 4.38. The van der Waals surface area contributed by atoms with Crippen molar-refractivity contribution in [3.05, 3.63) is 29.8 Å².